The summed E-state index contributed by atoms with van der Waals surface area (Å²) in [5.41, 5.74) is 0.988. The van der Waals surface area contributed by atoms with Crippen molar-refractivity contribution < 1.29 is 4.74 Å². The summed E-state index contributed by atoms with van der Waals surface area (Å²) in [7, 11) is 1.64. The minimum absolute atomic E-state index is 0.656. The molecule has 1 fully saturated rings. The van der Waals surface area contributed by atoms with Gasteiger partial charge in [-0.15, -0.1) is 0 Å². The van der Waals surface area contributed by atoms with Gasteiger partial charge in [0, 0.05) is 6.54 Å². The van der Waals surface area contributed by atoms with Gasteiger partial charge in [0.2, 0.25) is 5.88 Å². The van der Waals surface area contributed by atoms with Crippen molar-refractivity contribution in [2.24, 2.45) is 11.8 Å². The Morgan fingerprint density at radius 3 is 2.95 bits per heavy atom. The first-order chi connectivity index (χ1) is 9.20. The van der Waals surface area contributed by atoms with Crippen molar-refractivity contribution in [3.8, 4) is 5.88 Å². The maximum absolute atomic E-state index is 5.20. The van der Waals surface area contributed by atoms with Gasteiger partial charge >= 0.3 is 0 Å². The molecule has 106 valence electrons. The quantitative estimate of drug-likeness (QED) is 0.884. The Balaban J connectivity index is 1.82. The zero-order chi connectivity index (χ0) is 13.7. The van der Waals surface area contributed by atoms with E-state index in [1.54, 1.807) is 13.4 Å². The number of rotatable bonds is 5. The van der Waals surface area contributed by atoms with Crippen LogP contribution in [-0.4, -0.2) is 23.6 Å². The molecule has 0 aromatic carbocycles. The first-order valence-electron chi connectivity index (χ1n) is 7.30. The van der Waals surface area contributed by atoms with Gasteiger partial charge in [-0.3, -0.25) is 0 Å². The molecule has 1 aliphatic rings. The standard InChI is InChI=1S/C15H25N3O/c1-11-5-4-6-13(9-11)7-8-16-14-12(2)15(19-3)18-10-17-14/h10-11,13H,4-9H2,1-3H3,(H,16,17,18). The number of nitrogens with zero attached hydrogens (tertiary/aromatic N) is 2. The third kappa shape index (κ3) is 3.82. The molecular formula is C15H25N3O. The van der Waals surface area contributed by atoms with Gasteiger partial charge in [-0.05, 0) is 31.6 Å². The van der Waals surface area contributed by atoms with Crippen LogP contribution in [0.4, 0.5) is 5.82 Å². The summed E-state index contributed by atoms with van der Waals surface area (Å²) in [6, 6.07) is 0. The molecule has 1 aromatic rings. The van der Waals surface area contributed by atoms with E-state index in [-0.39, 0.29) is 0 Å². The molecule has 1 heterocycles. The van der Waals surface area contributed by atoms with Crippen LogP contribution in [0.15, 0.2) is 6.33 Å². The van der Waals surface area contributed by atoms with Crippen LogP contribution in [0.5, 0.6) is 5.88 Å². The highest BCUT2D eigenvalue weighted by Gasteiger charge is 2.18. The van der Waals surface area contributed by atoms with Crippen LogP contribution in [0.3, 0.4) is 0 Å². The highest BCUT2D eigenvalue weighted by atomic mass is 16.5. The minimum atomic E-state index is 0.656. The molecule has 0 saturated heterocycles. The Morgan fingerprint density at radius 2 is 2.21 bits per heavy atom. The summed E-state index contributed by atoms with van der Waals surface area (Å²) < 4.78 is 5.20. The van der Waals surface area contributed by atoms with Crippen molar-refractivity contribution in [1.29, 1.82) is 0 Å². The maximum atomic E-state index is 5.20. The molecule has 0 bridgehead atoms. The summed E-state index contributed by atoms with van der Waals surface area (Å²) >= 11 is 0. The van der Waals surface area contributed by atoms with Gasteiger partial charge < -0.3 is 10.1 Å². The van der Waals surface area contributed by atoms with Crippen molar-refractivity contribution >= 4 is 5.82 Å². The van der Waals surface area contributed by atoms with Crippen molar-refractivity contribution in [2.45, 2.75) is 46.0 Å². The van der Waals surface area contributed by atoms with Gasteiger partial charge in [0.1, 0.15) is 12.1 Å². The summed E-state index contributed by atoms with van der Waals surface area (Å²) in [5, 5.41) is 3.42. The average Bonchev–Trinajstić information content (AvgIpc) is 2.41. The molecule has 0 radical (unpaired) electrons. The van der Waals surface area contributed by atoms with Gasteiger partial charge in [-0.1, -0.05) is 26.2 Å². The van der Waals surface area contributed by atoms with E-state index in [0.29, 0.717) is 5.88 Å². The Bertz CT molecular complexity index is 408. The van der Waals surface area contributed by atoms with E-state index >= 15 is 0 Å². The lowest BCUT2D eigenvalue weighted by Gasteiger charge is -2.26. The zero-order valence-electron chi connectivity index (χ0n) is 12.3. The Kier molecular flexibility index (Phi) is 5.00. The van der Waals surface area contributed by atoms with Crippen LogP contribution in [0.2, 0.25) is 0 Å². The molecule has 0 aliphatic heterocycles. The molecule has 0 spiro atoms. The van der Waals surface area contributed by atoms with Crippen molar-refractivity contribution in [1.82, 2.24) is 9.97 Å². The SMILES string of the molecule is COc1ncnc(NCCC2CCCC(C)C2)c1C. The number of anilines is 1. The summed E-state index contributed by atoms with van der Waals surface area (Å²) in [4.78, 5) is 8.37. The third-order valence-corrected chi connectivity index (χ3v) is 4.12. The van der Waals surface area contributed by atoms with Crippen LogP contribution < -0.4 is 10.1 Å². The second-order valence-electron chi connectivity index (χ2n) is 5.71. The summed E-state index contributed by atoms with van der Waals surface area (Å²) in [6.07, 6.45) is 8.36. The number of methoxy groups -OCH3 is 1. The Labute approximate surface area is 116 Å². The second-order valence-corrected chi connectivity index (χ2v) is 5.71. The fourth-order valence-corrected chi connectivity index (χ4v) is 3.03. The molecule has 2 atom stereocenters. The maximum Gasteiger partial charge on any atom is 0.221 e. The monoisotopic (exact) mass is 263 g/mol. The van der Waals surface area contributed by atoms with Crippen LogP contribution in [0.1, 0.15) is 44.6 Å². The zero-order valence-corrected chi connectivity index (χ0v) is 12.3. The lowest BCUT2D eigenvalue weighted by molar-refractivity contribution is 0.274. The van der Waals surface area contributed by atoms with E-state index in [9.17, 15) is 0 Å². The summed E-state index contributed by atoms with van der Waals surface area (Å²) in [5.74, 6) is 3.33. The summed E-state index contributed by atoms with van der Waals surface area (Å²) in [6.45, 7) is 5.35. The van der Waals surface area contributed by atoms with E-state index in [1.165, 1.54) is 32.1 Å². The Morgan fingerprint density at radius 1 is 1.37 bits per heavy atom. The van der Waals surface area contributed by atoms with Gasteiger partial charge in [0.15, 0.2) is 0 Å². The number of aromatic nitrogens is 2. The highest BCUT2D eigenvalue weighted by molar-refractivity contribution is 5.47. The number of nitrogens with one attached hydrogen (secondary N) is 1. The molecule has 1 saturated carbocycles. The fraction of sp³-hybridized carbons (Fsp3) is 0.733. The second kappa shape index (κ2) is 6.73. The fourth-order valence-electron chi connectivity index (χ4n) is 3.03. The highest BCUT2D eigenvalue weighted by Crippen LogP contribution is 2.30. The predicted molar refractivity (Wildman–Crippen MR) is 77.5 cm³/mol. The van der Waals surface area contributed by atoms with Gasteiger partial charge in [-0.25, -0.2) is 9.97 Å². The third-order valence-electron chi connectivity index (χ3n) is 4.12. The lowest BCUT2D eigenvalue weighted by atomic mass is 9.81. The molecular weight excluding hydrogens is 238 g/mol. The predicted octanol–water partition coefficient (Wildman–Crippen LogP) is 3.42. The van der Waals surface area contributed by atoms with E-state index in [1.807, 2.05) is 6.92 Å². The van der Waals surface area contributed by atoms with Crippen LogP contribution in [0, 0.1) is 18.8 Å². The van der Waals surface area contributed by atoms with E-state index in [0.717, 1.165) is 29.8 Å². The molecule has 2 unspecified atom stereocenters. The van der Waals surface area contributed by atoms with Gasteiger partial charge in [-0.2, -0.15) is 0 Å². The first kappa shape index (κ1) is 14.1. The largest absolute Gasteiger partial charge is 0.481 e. The van der Waals surface area contributed by atoms with Crippen molar-refractivity contribution in [2.75, 3.05) is 19.0 Å². The lowest BCUT2D eigenvalue weighted by Crippen LogP contribution is -2.17. The molecule has 1 N–H and O–H groups in total. The minimum Gasteiger partial charge on any atom is -0.481 e. The first-order valence-corrected chi connectivity index (χ1v) is 7.30. The molecule has 0 amide bonds. The van der Waals surface area contributed by atoms with Gasteiger partial charge in [0.05, 0.1) is 12.7 Å². The topological polar surface area (TPSA) is 47.0 Å². The van der Waals surface area contributed by atoms with Crippen LogP contribution >= 0.6 is 0 Å². The average molecular weight is 263 g/mol. The Hall–Kier alpha value is -1.32. The molecule has 1 aromatic heterocycles. The van der Waals surface area contributed by atoms with Crippen molar-refractivity contribution in [3.63, 3.8) is 0 Å². The molecule has 19 heavy (non-hydrogen) atoms. The molecule has 4 nitrogen and oxygen atoms in total. The number of hydrogen-bond acceptors (Lipinski definition) is 4. The van der Waals surface area contributed by atoms with Gasteiger partial charge in [0.25, 0.3) is 0 Å². The molecule has 4 heteroatoms. The smallest absolute Gasteiger partial charge is 0.221 e. The van der Waals surface area contributed by atoms with E-state index < -0.39 is 0 Å². The normalized spacial score (nSPS) is 23.1. The van der Waals surface area contributed by atoms with E-state index in [4.69, 9.17) is 4.74 Å². The molecule has 1 aliphatic carbocycles. The number of hydrogen-bond donors (Lipinski definition) is 1. The van der Waals surface area contributed by atoms with Crippen LogP contribution in [-0.2, 0) is 0 Å². The molecule has 2 rings (SSSR count). The van der Waals surface area contributed by atoms with E-state index in [2.05, 4.69) is 22.2 Å². The van der Waals surface area contributed by atoms with Crippen LogP contribution in [0.25, 0.3) is 0 Å². The number of ether oxygens (including phenoxy) is 1. The van der Waals surface area contributed by atoms with Crippen molar-refractivity contribution in [3.05, 3.63) is 11.9 Å².